The van der Waals surface area contributed by atoms with E-state index in [2.05, 4.69) is 121 Å². The zero-order valence-corrected chi connectivity index (χ0v) is 26.8. The van der Waals surface area contributed by atoms with Crippen LogP contribution in [0, 0.1) is 0 Å². The third-order valence-electron chi connectivity index (χ3n) is 10.6. The van der Waals surface area contributed by atoms with Gasteiger partial charge in [-0.15, -0.1) is 0 Å². The molecule has 1 unspecified atom stereocenters. The predicted octanol–water partition coefficient (Wildman–Crippen LogP) is 11.1. The highest BCUT2D eigenvalue weighted by atomic mass is 16.3. The molecule has 0 aliphatic heterocycles. The van der Waals surface area contributed by atoms with Crippen molar-refractivity contribution in [1.29, 1.82) is 0 Å². The summed E-state index contributed by atoms with van der Waals surface area (Å²) in [6, 6.07) is 57.7. The Morgan fingerprint density at radius 2 is 0.920 bits per heavy atom. The van der Waals surface area contributed by atoms with Crippen LogP contribution in [0.5, 0.6) is 0 Å². The van der Waals surface area contributed by atoms with Gasteiger partial charge in [-0.1, -0.05) is 146 Å². The maximum absolute atomic E-state index is 6.43. The Bertz CT molecular complexity index is 2760. The van der Waals surface area contributed by atoms with Crippen LogP contribution < -0.4 is 0 Å². The lowest BCUT2D eigenvalue weighted by Gasteiger charge is -2.30. The molecule has 0 saturated heterocycles. The van der Waals surface area contributed by atoms with Gasteiger partial charge >= 0.3 is 0 Å². The average molecular weight is 638 g/mol. The Kier molecular flexibility index (Phi) is 5.56. The Hall–Kier alpha value is -6.65. The molecule has 11 rings (SSSR count). The predicted molar refractivity (Wildman–Crippen MR) is 200 cm³/mol. The van der Waals surface area contributed by atoms with Crippen LogP contribution in [0.1, 0.15) is 22.3 Å². The maximum atomic E-state index is 6.43. The van der Waals surface area contributed by atoms with Gasteiger partial charge in [-0.05, 0) is 62.7 Å². The van der Waals surface area contributed by atoms with E-state index in [9.17, 15) is 0 Å². The number of aromatic nitrogens is 3. The maximum Gasteiger partial charge on any atom is 0.164 e. The Balaban J connectivity index is 1.24. The second-order valence-electron chi connectivity index (χ2n) is 13.1. The van der Waals surface area contributed by atoms with Gasteiger partial charge in [-0.2, -0.15) is 0 Å². The van der Waals surface area contributed by atoms with Crippen LogP contribution in [-0.4, -0.2) is 15.0 Å². The van der Waals surface area contributed by atoms with Gasteiger partial charge in [-0.3, -0.25) is 0 Å². The van der Waals surface area contributed by atoms with E-state index in [-0.39, 0.29) is 0 Å². The normalized spacial score (nSPS) is 15.3. The van der Waals surface area contributed by atoms with Crippen LogP contribution in [0.4, 0.5) is 0 Å². The van der Waals surface area contributed by atoms with E-state index in [1.165, 1.54) is 38.9 Å². The molecule has 2 heterocycles. The molecule has 4 heteroatoms. The first-order valence-electron chi connectivity index (χ1n) is 17.0. The fraction of sp³-hybridized carbons (Fsp3) is 0.0217. The zero-order valence-electron chi connectivity index (χ0n) is 26.8. The van der Waals surface area contributed by atoms with Crippen LogP contribution >= 0.6 is 0 Å². The van der Waals surface area contributed by atoms with Gasteiger partial charge in [0.15, 0.2) is 17.5 Å². The molecule has 7 aromatic carbocycles. The van der Waals surface area contributed by atoms with E-state index in [0.29, 0.717) is 17.5 Å². The minimum Gasteiger partial charge on any atom is -0.456 e. The van der Waals surface area contributed by atoms with Gasteiger partial charge in [0, 0.05) is 27.5 Å². The number of rotatable bonds is 3. The highest BCUT2D eigenvalue weighted by molar-refractivity contribution is 6.09. The summed E-state index contributed by atoms with van der Waals surface area (Å²) >= 11 is 0. The fourth-order valence-corrected chi connectivity index (χ4v) is 8.52. The molecule has 0 radical (unpaired) electrons. The minimum absolute atomic E-state index is 0.530. The van der Waals surface area contributed by atoms with Crippen molar-refractivity contribution in [3.05, 3.63) is 186 Å². The molecule has 4 nitrogen and oxygen atoms in total. The third-order valence-corrected chi connectivity index (χ3v) is 10.6. The number of furan rings is 1. The van der Waals surface area contributed by atoms with Gasteiger partial charge in [0.2, 0.25) is 0 Å². The first kappa shape index (κ1) is 27.3. The van der Waals surface area contributed by atoms with Crippen molar-refractivity contribution in [3.63, 3.8) is 0 Å². The molecule has 0 N–H and O–H groups in total. The lowest BCUT2D eigenvalue weighted by atomic mass is 9.70. The number of hydrogen-bond acceptors (Lipinski definition) is 4. The summed E-state index contributed by atoms with van der Waals surface area (Å²) in [6.07, 6.45) is 0. The number of nitrogens with zero attached hydrogens (tertiary/aromatic N) is 3. The standard InChI is InChI=1S/C46H27N3O/c1-3-14-28(15-4-1)43-47-44(29-16-5-2-6-17-29)49-45(48-43)33-21-13-24-38-42(33)32-20-8-11-23-37(32)46(38)36-22-10-7-18-30(36)34-27-41-35(26-39(34)46)31-19-9-12-25-40(31)50-41/h1-27H. The van der Waals surface area contributed by atoms with Gasteiger partial charge in [0.25, 0.3) is 0 Å². The minimum atomic E-state index is -0.530. The molecule has 1 atom stereocenters. The van der Waals surface area contributed by atoms with Crippen LogP contribution in [0.25, 0.3) is 78.4 Å². The highest BCUT2D eigenvalue weighted by Gasteiger charge is 2.52. The molecule has 1 spiro atoms. The molecular weight excluding hydrogens is 611 g/mol. The number of fused-ring (bicyclic) bond motifs is 13. The summed E-state index contributed by atoms with van der Waals surface area (Å²) in [5, 5.41) is 2.26. The van der Waals surface area contributed by atoms with E-state index in [0.717, 1.165) is 44.2 Å². The summed E-state index contributed by atoms with van der Waals surface area (Å²) in [6.45, 7) is 0. The summed E-state index contributed by atoms with van der Waals surface area (Å²) in [4.78, 5) is 15.4. The Morgan fingerprint density at radius 1 is 0.360 bits per heavy atom. The van der Waals surface area contributed by atoms with Crippen LogP contribution in [-0.2, 0) is 5.41 Å². The van der Waals surface area contributed by atoms with Crippen LogP contribution in [0.15, 0.2) is 168 Å². The molecule has 9 aromatic rings. The first-order chi connectivity index (χ1) is 24.8. The largest absolute Gasteiger partial charge is 0.456 e. The van der Waals surface area contributed by atoms with E-state index in [4.69, 9.17) is 19.4 Å². The summed E-state index contributed by atoms with van der Waals surface area (Å²) < 4.78 is 6.43. The molecule has 2 aromatic heterocycles. The third kappa shape index (κ3) is 3.62. The lowest BCUT2D eigenvalue weighted by Crippen LogP contribution is -2.25. The smallest absolute Gasteiger partial charge is 0.164 e. The SMILES string of the molecule is c1ccc(-c2nc(-c3ccccc3)nc(-c3cccc4c3-c3ccccc3C43c4ccccc4-c4cc5oc6ccccc6c5cc43)n2)cc1. The first-order valence-corrected chi connectivity index (χ1v) is 17.0. The second kappa shape index (κ2) is 10.2. The van der Waals surface area contributed by atoms with Gasteiger partial charge in [0.05, 0.1) is 5.41 Å². The van der Waals surface area contributed by atoms with Crippen LogP contribution in [0.2, 0.25) is 0 Å². The molecule has 0 amide bonds. The molecule has 0 fully saturated rings. The fourth-order valence-electron chi connectivity index (χ4n) is 8.52. The number of para-hydroxylation sites is 1. The Morgan fingerprint density at radius 3 is 1.66 bits per heavy atom. The number of hydrogen-bond donors (Lipinski definition) is 0. The highest BCUT2D eigenvalue weighted by Crippen LogP contribution is 2.64. The van der Waals surface area contributed by atoms with Crippen molar-refractivity contribution >= 4 is 21.9 Å². The summed E-state index contributed by atoms with van der Waals surface area (Å²) in [5.74, 6) is 1.96. The van der Waals surface area contributed by atoms with Crippen molar-refractivity contribution in [2.45, 2.75) is 5.41 Å². The molecule has 0 bridgehead atoms. The molecule has 0 saturated carbocycles. The van der Waals surface area contributed by atoms with Crippen molar-refractivity contribution < 1.29 is 4.42 Å². The van der Waals surface area contributed by atoms with Gasteiger partial charge in [0.1, 0.15) is 11.2 Å². The Labute approximate surface area is 288 Å². The summed E-state index contributed by atoms with van der Waals surface area (Å²) in [7, 11) is 0. The van der Waals surface area contributed by atoms with Crippen molar-refractivity contribution in [3.8, 4) is 56.4 Å². The topological polar surface area (TPSA) is 51.8 Å². The molecule has 232 valence electrons. The van der Waals surface area contributed by atoms with E-state index in [1.54, 1.807) is 0 Å². The van der Waals surface area contributed by atoms with Crippen molar-refractivity contribution in [2.24, 2.45) is 0 Å². The lowest BCUT2D eigenvalue weighted by molar-refractivity contribution is 0.669. The monoisotopic (exact) mass is 637 g/mol. The molecule has 2 aliphatic rings. The van der Waals surface area contributed by atoms with E-state index < -0.39 is 5.41 Å². The molecule has 2 aliphatic carbocycles. The van der Waals surface area contributed by atoms with Gasteiger partial charge in [-0.25, -0.2) is 15.0 Å². The molecular formula is C46H27N3O. The van der Waals surface area contributed by atoms with E-state index >= 15 is 0 Å². The van der Waals surface area contributed by atoms with Crippen molar-refractivity contribution in [1.82, 2.24) is 15.0 Å². The van der Waals surface area contributed by atoms with Crippen molar-refractivity contribution in [2.75, 3.05) is 0 Å². The summed E-state index contributed by atoms with van der Waals surface area (Å²) in [5.41, 5.74) is 14.0. The van der Waals surface area contributed by atoms with Crippen LogP contribution in [0.3, 0.4) is 0 Å². The zero-order chi connectivity index (χ0) is 32.8. The van der Waals surface area contributed by atoms with Gasteiger partial charge < -0.3 is 4.42 Å². The quantitative estimate of drug-likeness (QED) is 0.193. The average Bonchev–Trinajstić information content (AvgIpc) is 3.81. The molecule has 50 heavy (non-hydrogen) atoms. The van der Waals surface area contributed by atoms with E-state index in [1.807, 2.05) is 42.5 Å². The second-order valence-corrected chi connectivity index (χ2v) is 13.1. The number of benzene rings is 7.